The summed E-state index contributed by atoms with van der Waals surface area (Å²) in [6.07, 6.45) is 0.616. The molecule has 4 rings (SSSR count). The Morgan fingerprint density at radius 3 is 2.70 bits per heavy atom. The van der Waals surface area contributed by atoms with Gasteiger partial charge in [0, 0.05) is 13.1 Å². The van der Waals surface area contributed by atoms with Gasteiger partial charge in [-0.05, 0) is 73.0 Å². The summed E-state index contributed by atoms with van der Waals surface area (Å²) in [6, 6.07) is 8.30. The summed E-state index contributed by atoms with van der Waals surface area (Å²) in [4.78, 5) is 32.4. The second-order valence-electron chi connectivity index (χ2n) is 9.68. The quantitative estimate of drug-likeness (QED) is 0.409. The van der Waals surface area contributed by atoms with Gasteiger partial charge in [-0.25, -0.2) is 9.67 Å². The summed E-state index contributed by atoms with van der Waals surface area (Å²) in [5.74, 6) is 0.506. The molecule has 2 amide bonds. The van der Waals surface area contributed by atoms with Gasteiger partial charge >= 0.3 is 0 Å². The number of pyridine rings is 1. The normalized spacial score (nSPS) is 14.2. The number of carbonyl (C=O) groups excluding carboxylic acids is 2. The predicted octanol–water partition coefficient (Wildman–Crippen LogP) is 1.45. The number of aliphatic hydroxyl groups is 2. The highest BCUT2D eigenvalue weighted by Gasteiger charge is 2.33. The second kappa shape index (κ2) is 10.6. The van der Waals surface area contributed by atoms with Gasteiger partial charge in [-0.2, -0.15) is 0 Å². The molecule has 1 aromatic carbocycles. The fraction of sp³-hybridized carbons (Fsp3) is 0.440. The van der Waals surface area contributed by atoms with Crippen LogP contribution < -0.4 is 10.1 Å². The molecule has 3 aromatic rings. The van der Waals surface area contributed by atoms with Gasteiger partial charge in [0.25, 0.3) is 5.91 Å². The van der Waals surface area contributed by atoms with Crippen molar-refractivity contribution in [3.63, 3.8) is 0 Å². The zero-order chi connectivity index (χ0) is 26.7. The Kier molecular flexibility index (Phi) is 7.50. The minimum absolute atomic E-state index is 0.138. The lowest BCUT2D eigenvalue weighted by Gasteiger charge is -2.34. The lowest BCUT2D eigenvalue weighted by molar-refractivity contribution is -0.143. The van der Waals surface area contributed by atoms with E-state index >= 15 is 0 Å². The van der Waals surface area contributed by atoms with Crippen molar-refractivity contribution in [3.8, 4) is 17.3 Å². The Morgan fingerprint density at radius 1 is 1.22 bits per heavy atom. The minimum Gasteiger partial charge on any atom is -0.496 e. The molecule has 37 heavy (non-hydrogen) atoms. The Bertz CT molecular complexity index is 1310. The smallest absolute Gasteiger partial charge is 0.260 e. The number of methoxy groups -OCH3 is 1. The van der Waals surface area contributed by atoms with E-state index in [-0.39, 0.29) is 31.0 Å². The van der Waals surface area contributed by atoms with E-state index in [4.69, 9.17) is 4.74 Å². The van der Waals surface area contributed by atoms with Crippen molar-refractivity contribution in [3.05, 3.63) is 47.0 Å². The van der Waals surface area contributed by atoms with E-state index < -0.39 is 11.3 Å². The molecule has 3 N–H and O–H groups in total. The standard InChI is InChI=1S/C25H31N7O5/c1-15(13-33)32-22(28-29-30-32)19-6-5-7-21(26-19)27-23(35)18-10-17-12-31(24(36)25(2,3)14-34)9-8-16(17)11-20(18)37-4/h5-7,10-11,15,33-34H,8-9,12-14H2,1-4H3,(H,26,27,35)/t15-/m1/s1. The summed E-state index contributed by atoms with van der Waals surface area (Å²) in [5.41, 5.74) is 1.71. The second-order valence-corrected chi connectivity index (χ2v) is 9.68. The first-order chi connectivity index (χ1) is 17.7. The first-order valence-corrected chi connectivity index (χ1v) is 12.0. The van der Waals surface area contributed by atoms with E-state index in [1.54, 1.807) is 49.9 Å². The van der Waals surface area contributed by atoms with Crippen molar-refractivity contribution in [2.45, 2.75) is 39.8 Å². The Labute approximate surface area is 214 Å². The van der Waals surface area contributed by atoms with E-state index in [1.807, 2.05) is 6.07 Å². The number of ether oxygens (including phenoxy) is 1. The largest absolute Gasteiger partial charge is 0.496 e. The number of hydrogen-bond donors (Lipinski definition) is 3. The number of hydrogen-bond acceptors (Lipinski definition) is 9. The molecule has 1 atom stereocenters. The van der Waals surface area contributed by atoms with E-state index in [2.05, 4.69) is 25.8 Å². The van der Waals surface area contributed by atoms with Gasteiger partial charge in [0.2, 0.25) is 11.7 Å². The van der Waals surface area contributed by atoms with Crippen LogP contribution in [0.25, 0.3) is 11.5 Å². The van der Waals surface area contributed by atoms with Crippen molar-refractivity contribution >= 4 is 17.6 Å². The highest BCUT2D eigenvalue weighted by Crippen LogP contribution is 2.31. The first-order valence-electron chi connectivity index (χ1n) is 12.0. The van der Waals surface area contributed by atoms with Crippen LogP contribution in [0.3, 0.4) is 0 Å². The number of nitrogens with zero attached hydrogens (tertiary/aromatic N) is 6. The Balaban J connectivity index is 1.59. The highest BCUT2D eigenvalue weighted by atomic mass is 16.5. The molecule has 2 aromatic heterocycles. The predicted molar refractivity (Wildman–Crippen MR) is 134 cm³/mol. The van der Waals surface area contributed by atoms with Crippen molar-refractivity contribution < 1.29 is 24.5 Å². The molecule has 3 heterocycles. The lowest BCUT2D eigenvalue weighted by Crippen LogP contribution is -2.45. The van der Waals surface area contributed by atoms with Crippen LogP contribution in [-0.2, 0) is 17.8 Å². The van der Waals surface area contributed by atoms with Crippen LogP contribution in [0, 0.1) is 5.41 Å². The summed E-state index contributed by atoms with van der Waals surface area (Å²) >= 11 is 0. The van der Waals surface area contributed by atoms with Gasteiger partial charge in [-0.15, -0.1) is 5.10 Å². The molecule has 0 bridgehead atoms. The molecule has 0 spiro atoms. The third-order valence-corrected chi connectivity index (χ3v) is 6.43. The number of tetrazole rings is 1. The molecule has 12 heteroatoms. The van der Waals surface area contributed by atoms with Crippen LogP contribution in [0.1, 0.15) is 48.3 Å². The van der Waals surface area contributed by atoms with Gasteiger partial charge < -0.3 is 25.2 Å². The monoisotopic (exact) mass is 509 g/mol. The SMILES string of the molecule is COc1cc2c(cc1C(=O)Nc1cccc(-c3nnnn3[C@H](C)CO)n1)CN(C(=O)C(C)(C)CO)CC2. The molecule has 12 nitrogen and oxygen atoms in total. The van der Waals surface area contributed by atoms with Crippen molar-refractivity contribution in [2.24, 2.45) is 5.41 Å². The van der Waals surface area contributed by atoms with Crippen LogP contribution in [0.15, 0.2) is 30.3 Å². The third kappa shape index (κ3) is 5.30. The minimum atomic E-state index is -0.879. The van der Waals surface area contributed by atoms with Crippen LogP contribution in [0.2, 0.25) is 0 Å². The molecule has 196 valence electrons. The van der Waals surface area contributed by atoms with E-state index in [0.29, 0.717) is 42.3 Å². The fourth-order valence-corrected chi connectivity index (χ4v) is 4.15. The molecule has 0 aliphatic carbocycles. The number of aromatic nitrogens is 5. The zero-order valence-electron chi connectivity index (χ0n) is 21.3. The Morgan fingerprint density at radius 2 is 2.00 bits per heavy atom. The molecule has 0 saturated carbocycles. The van der Waals surface area contributed by atoms with Gasteiger partial charge in [-0.1, -0.05) is 6.07 Å². The molecular weight excluding hydrogens is 478 g/mol. The van der Waals surface area contributed by atoms with Crippen LogP contribution in [-0.4, -0.2) is 79.0 Å². The van der Waals surface area contributed by atoms with E-state index in [0.717, 1.165) is 11.1 Å². The topological polar surface area (TPSA) is 156 Å². The average Bonchev–Trinajstić information content (AvgIpc) is 3.41. The number of carbonyl (C=O) groups is 2. The van der Waals surface area contributed by atoms with Crippen molar-refractivity contribution in [2.75, 3.05) is 32.2 Å². The van der Waals surface area contributed by atoms with Gasteiger partial charge in [-0.3, -0.25) is 9.59 Å². The van der Waals surface area contributed by atoms with Gasteiger partial charge in [0.05, 0.1) is 37.3 Å². The summed E-state index contributed by atoms with van der Waals surface area (Å²) < 4.78 is 6.97. The summed E-state index contributed by atoms with van der Waals surface area (Å²) in [6.45, 7) is 5.66. The number of rotatable bonds is 8. The fourth-order valence-electron chi connectivity index (χ4n) is 4.15. The van der Waals surface area contributed by atoms with Gasteiger partial charge in [0.15, 0.2) is 0 Å². The number of aliphatic hydroxyl groups excluding tert-OH is 2. The van der Waals surface area contributed by atoms with Crippen LogP contribution in [0.4, 0.5) is 5.82 Å². The molecule has 0 radical (unpaired) electrons. The summed E-state index contributed by atoms with van der Waals surface area (Å²) in [5, 5.41) is 33.5. The third-order valence-electron chi connectivity index (χ3n) is 6.43. The molecule has 1 aliphatic heterocycles. The number of amides is 2. The van der Waals surface area contributed by atoms with Gasteiger partial charge in [0.1, 0.15) is 17.3 Å². The lowest BCUT2D eigenvalue weighted by atomic mass is 9.90. The molecule has 0 fully saturated rings. The molecule has 0 unspecified atom stereocenters. The molecular formula is C25H31N7O5. The van der Waals surface area contributed by atoms with Crippen molar-refractivity contribution in [1.82, 2.24) is 30.1 Å². The van der Waals surface area contributed by atoms with Crippen LogP contribution >= 0.6 is 0 Å². The zero-order valence-corrected chi connectivity index (χ0v) is 21.3. The van der Waals surface area contributed by atoms with E-state index in [9.17, 15) is 19.8 Å². The van der Waals surface area contributed by atoms with E-state index in [1.165, 1.54) is 11.8 Å². The number of benzene rings is 1. The van der Waals surface area contributed by atoms with Crippen molar-refractivity contribution in [1.29, 1.82) is 0 Å². The highest BCUT2D eigenvalue weighted by molar-refractivity contribution is 6.06. The Hall–Kier alpha value is -3.90. The maximum Gasteiger partial charge on any atom is 0.260 e. The first kappa shape index (κ1) is 26.2. The number of nitrogens with one attached hydrogen (secondary N) is 1. The van der Waals surface area contributed by atoms with Crippen LogP contribution in [0.5, 0.6) is 5.75 Å². The molecule has 0 saturated heterocycles. The number of fused-ring (bicyclic) bond motifs is 1. The molecule has 1 aliphatic rings. The maximum absolute atomic E-state index is 13.3. The maximum atomic E-state index is 13.3. The average molecular weight is 510 g/mol. The summed E-state index contributed by atoms with van der Waals surface area (Å²) in [7, 11) is 1.50. The number of anilines is 1.